The minimum Gasteiger partial charge on any atom is -0.481 e. The van der Waals surface area contributed by atoms with Crippen LogP contribution in [0.25, 0.3) is 0 Å². The van der Waals surface area contributed by atoms with Gasteiger partial charge in [0.05, 0.1) is 5.92 Å². The van der Waals surface area contributed by atoms with Crippen molar-refractivity contribution < 1.29 is 14.7 Å². The average Bonchev–Trinajstić information content (AvgIpc) is 2.39. The summed E-state index contributed by atoms with van der Waals surface area (Å²) in [4.78, 5) is 25.0. The average molecular weight is 239 g/mol. The number of nitrogens with zero attached hydrogens (tertiary/aromatic N) is 1. The van der Waals surface area contributed by atoms with Gasteiger partial charge in [-0.15, -0.1) is 0 Å². The van der Waals surface area contributed by atoms with E-state index in [9.17, 15) is 9.59 Å². The molecule has 2 rings (SSSR count). The summed E-state index contributed by atoms with van der Waals surface area (Å²) in [5.74, 6) is -0.741. The Kier molecular flexibility index (Phi) is 4.02. The minimum absolute atomic E-state index is 0.163. The molecule has 1 unspecified atom stereocenters. The van der Waals surface area contributed by atoms with Crippen LogP contribution < -0.4 is 0 Å². The van der Waals surface area contributed by atoms with Crippen molar-refractivity contribution in [3.63, 3.8) is 0 Å². The van der Waals surface area contributed by atoms with Crippen molar-refractivity contribution in [2.45, 2.75) is 44.9 Å². The van der Waals surface area contributed by atoms with Crippen LogP contribution in [0.1, 0.15) is 44.9 Å². The monoisotopic (exact) mass is 239 g/mol. The molecule has 0 bridgehead atoms. The SMILES string of the molecule is O=C(O)C1CCCN(C(=O)C2CCCCC2)C1. The van der Waals surface area contributed by atoms with E-state index in [2.05, 4.69) is 0 Å². The Morgan fingerprint density at radius 3 is 2.24 bits per heavy atom. The van der Waals surface area contributed by atoms with E-state index in [-0.39, 0.29) is 17.7 Å². The number of carboxylic acids is 1. The van der Waals surface area contributed by atoms with Crippen LogP contribution in [-0.4, -0.2) is 35.0 Å². The Morgan fingerprint density at radius 2 is 1.59 bits per heavy atom. The third-order valence-electron chi connectivity index (χ3n) is 4.04. The maximum Gasteiger partial charge on any atom is 0.308 e. The molecule has 1 amide bonds. The minimum atomic E-state index is -0.758. The van der Waals surface area contributed by atoms with Crippen LogP contribution >= 0.6 is 0 Å². The van der Waals surface area contributed by atoms with Gasteiger partial charge in [0.1, 0.15) is 0 Å². The van der Waals surface area contributed by atoms with Gasteiger partial charge in [0.2, 0.25) is 5.91 Å². The zero-order valence-electron chi connectivity index (χ0n) is 10.2. The van der Waals surface area contributed by atoms with Gasteiger partial charge >= 0.3 is 5.97 Å². The first kappa shape index (κ1) is 12.4. The number of likely N-dealkylation sites (tertiary alicyclic amines) is 1. The van der Waals surface area contributed by atoms with Crippen molar-refractivity contribution in [3.8, 4) is 0 Å². The van der Waals surface area contributed by atoms with Crippen LogP contribution in [0.5, 0.6) is 0 Å². The highest BCUT2D eigenvalue weighted by Crippen LogP contribution is 2.27. The van der Waals surface area contributed by atoms with E-state index in [1.165, 1.54) is 6.42 Å². The molecule has 1 aliphatic carbocycles. The molecule has 17 heavy (non-hydrogen) atoms. The highest BCUT2D eigenvalue weighted by Gasteiger charge is 2.31. The van der Waals surface area contributed by atoms with E-state index in [0.29, 0.717) is 13.0 Å². The summed E-state index contributed by atoms with van der Waals surface area (Å²) in [5.41, 5.74) is 0. The fourth-order valence-electron chi connectivity index (χ4n) is 2.99. The lowest BCUT2D eigenvalue weighted by molar-refractivity contribution is -0.147. The number of hydrogen-bond acceptors (Lipinski definition) is 2. The highest BCUT2D eigenvalue weighted by atomic mass is 16.4. The molecule has 0 aromatic rings. The van der Waals surface area contributed by atoms with Gasteiger partial charge in [-0.3, -0.25) is 9.59 Å². The Bertz CT molecular complexity index is 297. The first-order valence-corrected chi connectivity index (χ1v) is 6.70. The quantitative estimate of drug-likeness (QED) is 0.800. The van der Waals surface area contributed by atoms with Crippen LogP contribution in [0.3, 0.4) is 0 Å². The third-order valence-corrected chi connectivity index (χ3v) is 4.04. The molecule has 0 aromatic heterocycles. The maximum absolute atomic E-state index is 12.3. The topological polar surface area (TPSA) is 57.6 Å². The Hall–Kier alpha value is -1.06. The van der Waals surface area contributed by atoms with Crippen molar-refractivity contribution in [1.82, 2.24) is 4.90 Å². The third kappa shape index (κ3) is 2.99. The van der Waals surface area contributed by atoms with Gasteiger partial charge < -0.3 is 10.0 Å². The molecule has 1 aliphatic heterocycles. The summed E-state index contributed by atoms with van der Waals surface area (Å²) in [6.45, 7) is 1.17. The largest absolute Gasteiger partial charge is 0.481 e. The number of amides is 1. The zero-order chi connectivity index (χ0) is 12.3. The summed E-state index contributed by atoms with van der Waals surface area (Å²) in [6, 6.07) is 0. The number of piperidine rings is 1. The molecule has 1 saturated heterocycles. The first-order chi connectivity index (χ1) is 8.18. The lowest BCUT2D eigenvalue weighted by Crippen LogP contribution is -2.45. The predicted octanol–water partition coefficient (Wildman–Crippen LogP) is 1.89. The summed E-state index contributed by atoms with van der Waals surface area (Å²) < 4.78 is 0. The van der Waals surface area contributed by atoms with Crippen molar-refractivity contribution in [1.29, 1.82) is 0 Å². The molecular weight excluding hydrogens is 218 g/mol. The molecule has 1 heterocycles. The van der Waals surface area contributed by atoms with E-state index in [4.69, 9.17) is 5.11 Å². The Balaban J connectivity index is 1.91. The second-order valence-electron chi connectivity index (χ2n) is 5.30. The second-order valence-corrected chi connectivity index (χ2v) is 5.30. The molecular formula is C13H21NO3. The molecule has 0 radical (unpaired) electrons. The van der Waals surface area contributed by atoms with E-state index in [1.54, 1.807) is 4.90 Å². The molecule has 1 N–H and O–H groups in total. The number of rotatable bonds is 2. The summed E-state index contributed by atoms with van der Waals surface area (Å²) in [7, 11) is 0. The molecule has 96 valence electrons. The van der Waals surface area contributed by atoms with E-state index >= 15 is 0 Å². The maximum atomic E-state index is 12.3. The Morgan fingerprint density at radius 1 is 0.941 bits per heavy atom. The molecule has 0 spiro atoms. The molecule has 2 fully saturated rings. The summed E-state index contributed by atoms with van der Waals surface area (Å²) >= 11 is 0. The van der Waals surface area contributed by atoms with Crippen LogP contribution in [0, 0.1) is 11.8 Å². The lowest BCUT2D eigenvalue weighted by Gasteiger charge is -2.34. The molecule has 2 aliphatic rings. The van der Waals surface area contributed by atoms with Crippen LogP contribution in [0.15, 0.2) is 0 Å². The molecule has 1 saturated carbocycles. The number of aliphatic carboxylic acids is 1. The molecule has 4 nitrogen and oxygen atoms in total. The molecule has 0 aromatic carbocycles. The lowest BCUT2D eigenvalue weighted by atomic mass is 9.87. The van der Waals surface area contributed by atoms with Crippen LogP contribution in [0.4, 0.5) is 0 Å². The van der Waals surface area contributed by atoms with Crippen LogP contribution in [-0.2, 0) is 9.59 Å². The van der Waals surface area contributed by atoms with Gasteiger partial charge in [0.15, 0.2) is 0 Å². The van der Waals surface area contributed by atoms with Gasteiger partial charge in [0.25, 0.3) is 0 Å². The van der Waals surface area contributed by atoms with Crippen molar-refractivity contribution in [3.05, 3.63) is 0 Å². The van der Waals surface area contributed by atoms with Gasteiger partial charge in [0, 0.05) is 19.0 Å². The Labute approximate surface area is 102 Å². The number of carboxylic acid groups (broad SMARTS) is 1. The summed E-state index contributed by atoms with van der Waals surface area (Å²) in [6.07, 6.45) is 7.06. The summed E-state index contributed by atoms with van der Waals surface area (Å²) in [5, 5.41) is 9.01. The van der Waals surface area contributed by atoms with Crippen molar-refractivity contribution >= 4 is 11.9 Å². The zero-order valence-corrected chi connectivity index (χ0v) is 10.2. The van der Waals surface area contributed by atoms with Gasteiger partial charge in [-0.1, -0.05) is 19.3 Å². The van der Waals surface area contributed by atoms with Gasteiger partial charge in [-0.2, -0.15) is 0 Å². The first-order valence-electron chi connectivity index (χ1n) is 6.70. The van der Waals surface area contributed by atoms with Gasteiger partial charge in [-0.05, 0) is 25.7 Å². The fourth-order valence-corrected chi connectivity index (χ4v) is 2.99. The normalized spacial score (nSPS) is 26.8. The smallest absolute Gasteiger partial charge is 0.308 e. The number of carbonyl (C=O) groups excluding carboxylic acids is 1. The van der Waals surface area contributed by atoms with Crippen LogP contribution in [0.2, 0.25) is 0 Å². The molecule has 4 heteroatoms. The number of carbonyl (C=O) groups is 2. The standard InChI is InChI=1S/C13H21NO3/c15-12(10-5-2-1-3-6-10)14-8-4-7-11(9-14)13(16)17/h10-11H,1-9H2,(H,16,17). The fraction of sp³-hybridized carbons (Fsp3) is 0.846. The number of hydrogen-bond donors (Lipinski definition) is 1. The van der Waals surface area contributed by atoms with Crippen molar-refractivity contribution in [2.75, 3.05) is 13.1 Å². The highest BCUT2D eigenvalue weighted by molar-refractivity contribution is 5.80. The van der Waals surface area contributed by atoms with E-state index < -0.39 is 5.97 Å². The van der Waals surface area contributed by atoms with Crippen molar-refractivity contribution in [2.24, 2.45) is 11.8 Å². The van der Waals surface area contributed by atoms with E-state index in [1.807, 2.05) is 0 Å². The predicted molar refractivity (Wildman–Crippen MR) is 63.5 cm³/mol. The van der Waals surface area contributed by atoms with Gasteiger partial charge in [-0.25, -0.2) is 0 Å². The van der Waals surface area contributed by atoms with E-state index in [0.717, 1.165) is 38.6 Å². The molecule has 1 atom stereocenters. The second kappa shape index (κ2) is 5.52.